The van der Waals surface area contributed by atoms with E-state index < -0.39 is 5.24 Å². The zero-order valence-corrected chi connectivity index (χ0v) is 11.6. The molecule has 0 radical (unpaired) electrons. The molecule has 2 rings (SSSR count). The lowest BCUT2D eigenvalue weighted by Crippen LogP contribution is -1.91. The van der Waals surface area contributed by atoms with Crippen LogP contribution in [0.5, 0.6) is 0 Å². The summed E-state index contributed by atoms with van der Waals surface area (Å²) in [5.74, 6) is 0. The fourth-order valence-corrected chi connectivity index (χ4v) is 1.97. The van der Waals surface area contributed by atoms with Crippen molar-refractivity contribution < 1.29 is 4.79 Å². The minimum absolute atomic E-state index is 0.503. The van der Waals surface area contributed by atoms with E-state index in [-0.39, 0.29) is 0 Å². The molecule has 0 bridgehead atoms. The van der Waals surface area contributed by atoms with Crippen molar-refractivity contribution in [1.29, 1.82) is 0 Å². The number of rotatable bonds is 3. The third-order valence-electron chi connectivity index (χ3n) is 2.39. The van der Waals surface area contributed by atoms with Crippen molar-refractivity contribution in [1.82, 2.24) is 4.98 Å². The number of carbonyl (C=O) groups excluding carboxylic acids is 1. The molecule has 0 saturated heterocycles. The molecule has 0 spiro atoms. The maximum absolute atomic E-state index is 11.1. The molecule has 0 N–H and O–H groups in total. The van der Waals surface area contributed by atoms with Crippen LogP contribution in [0.1, 0.15) is 11.1 Å². The van der Waals surface area contributed by atoms with Gasteiger partial charge in [0.15, 0.2) is 0 Å². The lowest BCUT2D eigenvalue weighted by Gasteiger charge is -2.07. The number of pyridine rings is 1. The van der Waals surface area contributed by atoms with Gasteiger partial charge in [0.2, 0.25) is 5.24 Å². The Morgan fingerprint density at radius 1 is 1.17 bits per heavy atom. The van der Waals surface area contributed by atoms with Crippen LogP contribution < -0.4 is 0 Å². The standard InChI is InChI=1S/C14H9BrClNO/c15-12-5-3-10(4-6-12)13(8-14(16)18)11-2-1-7-17-9-11/h1-9H. The molecule has 1 aromatic heterocycles. The summed E-state index contributed by atoms with van der Waals surface area (Å²) >= 11 is 8.84. The van der Waals surface area contributed by atoms with E-state index in [0.717, 1.165) is 21.2 Å². The predicted octanol–water partition coefficient (Wildman–Crippen LogP) is 4.04. The highest BCUT2D eigenvalue weighted by Crippen LogP contribution is 2.24. The van der Waals surface area contributed by atoms with Crippen molar-refractivity contribution in [3.8, 4) is 0 Å². The summed E-state index contributed by atoms with van der Waals surface area (Å²) < 4.78 is 0.981. The molecule has 0 unspecified atom stereocenters. The average Bonchev–Trinajstić information content (AvgIpc) is 2.38. The van der Waals surface area contributed by atoms with Gasteiger partial charge in [0, 0.05) is 28.5 Å². The molecule has 0 aliphatic heterocycles. The molecule has 0 aliphatic carbocycles. The molecule has 1 heterocycles. The molecule has 0 fully saturated rings. The number of benzene rings is 1. The van der Waals surface area contributed by atoms with Gasteiger partial charge in [-0.2, -0.15) is 0 Å². The highest BCUT2D eigenvalue weighted by atomic mass is 79.9. The third-order valence-corrected chi connectivity index (χ3v) is 3.02. The second-order valence-electron chi connectivity index (χ2n) is 3.61. The number of aromatic nitrogens is 1. The number of nitrogens with zero attached hydrogens (tertiary/aromatic N) is 1. The molecule has 1 aromatic carbocycles. The Hall–Kier alpha value is -1.45. The Morgan fingerprint density at radius 3 is 2.44 bits per heavy atom. The summed E-state index contributed by atoms with van der Waals surface area (Å²) in [4.78, 5) is 15.2. The summed E-state index contributed by atoms with van der Waals surface area (Å²) in [6.07, 6.45) is 4.79. The monoisotopic (exact) mass is 321 g/mol. The number of carbonyl (C=O) groups is 1. The van der Waals surface area contributed by atoms with Gasteiger partial charge in [-0.15, -0.1) is 0 Å². The van der Waals surface area contributed by atoms with Crippen LogP contribution in [0, 0.1) is 0 Å². The maximum atomic E-state index is 11.1. The first-order chi connectivity index (χ1) is 8.66. The fourth-order valence-electron chi connectivity index (χ4n) is 1.60. The highest BCUT2D eigenvalue weighted by molar-refractivity contribution is 9.10. The van der Waals surface area contributed by atoms with Gasteiger partial charge in [-0.1, -0.05) is 34.1 Å². The molecule has 0 aliphatic rings. The smallest absolute Gasteiger partial charge is 0.245 e. The minimum atomic E-state index is -0.503. The number of hydrogen-bond donors (Lipinski definition) is 0. The zero-order valence-electron chi connectivity index (χ0n) is 9.31. The predicted molar refractivity (Wildman–Crippen MR) is 76.3 cm³/mol. The van der Waals surface area contributed by atoms with Crippen molar-refractivity contribution in [2.45, 2.75) is 0 Å². The van der Waals surface area contributed by atoms with E-state index in [4.69, 9.17) is 11.6 Å². The van der Waals surface area contributed by atoms with Gasteiger partial charge in [-0.05, 0) is 40.9 Å². The number of halogens is 2. The Bertz CT molecular complexity index is 579. The number of hydrogen-bond acceptors (Lipinski definition) is 2. The van der Waals surface area contributed by atoms with Gasteiger partial charge in [0.1, 0.15) is 0 Å². The van der Waals surface area contributed by atoms with E-state index in [9.17, 15) is 4.79 Å². The molecule has 0 atom stereocenters. The Balaban J connectivity index is 2.51. The molecular weight excluding hydrogens is 314 g/mol. The fraction of sp³-hybridized carbons (Fsp3) is 0. The van der Waals surface area contributed by atoms with Crippen LogP contribution in [0.2, 0.25) is 0 Å². The van der Waals surface area contributed by atoms with Crippen LogP contribution in [-0.4, -0.2) is 10.2 Å². The minimum Gasteiger partial charge on any atom is -0.276 e. The third kappa shape index (κ3) is 3.28. The second kappa shape index (κ2) is 5.94. The zero-order chi connectivity index (χ0) is 13.0. The van der Waals surface area contributed by atoms with Crippen LogP contribution in [0.25, 0.3) is 5.57 Å². The van der Waals surface area contributed by atoms with Gasteiger partial charge in [-0.25, -0.2) is 0 Å². The molecule has 4 heteroatoms. The Morgan fingerprint density at radius 2 is 1.89 bits per heavy atom. The first-order valence-corrected chi connectivity index (χ1v) is 6.41. The summed E-state index contributed by atoms with van der Waals surface area (Å²) in [6, 6.07) is 11.4. The van der Waals surface area contributed by atoms with Crippen LogP contribution in [0.4, 0.5) is 0 Å². The lowest BCUT2D eigenvalue weighted by atomic mass is 9.99. The van der Waals surface area contributed by atoms with Crippen LogP contribution in [-0.2, 0) is 4.79 Å². The summed E-state index contributed by atoms with van der Waals surface area (Å²) in [5, 5.41) is -0.503. The SMILES string of the molecule is O=C(Cl)C=C(c1ccc(Br)cc1)c1cccnc1. The van der Waals surface area contributed by atoms with Crippen LogP contribution >= 0.6 is 27.5 Å². The van der Waals surface area contributed by atoms with Crippen molar-refractivity contribution in [2.24, 2.45) is 0 Å². The van der Waals surface area contributed by atoms with Crippen molar-refractivity contribution >= 4 is 38.3 Å². The summed E-state index contributed by atoms with van der Waals surface area (Å²) in [7, 11) is 0. The lowest BCUT2D eigenvalue weighted by molar-refractivity contribution is -0.107. The Labute approximate surface area is 118 Å². The van der Waals surface area contributed by atoms with E-state index >= 15 is 0 Å². The largest absolute Gasteiger partial charge is 0.276 e. The summed E-state index contributed by atoms with van der Waals surface area (Å²) in [6.45, 7) is 0. The first kappa shape index (κ1) is 13.0. The first-order valence-electron chi connectivity index (χ1n) is 5.24. The molecule has 0 saturated carbocycles. The van der Waals surface area contributed by atoms with Crippen LogP contribution in [0.3, 0.4) is 0 Å². The summed E-state index contributed by atoms with van der Waals surface area (Å²) in [5.41, 5.74) is 2.53. The quantitative estimate of drug-likeness (QED) is 0.630. The van der Waals surface area contributed by atoms with Crippen molar-refractivity contribution in [2.75, 3.05) is 0 Å². The van der Waals surface area contributed by atoms with Gasteiger partial charge < -0.3 is 0 Å². The van der Waals surface area contributed by atoms with Crippen molar-refractivity contribution in [3.05, 3.63) is 70.5 Å². The Kier molecular flexibility index (Phi) is 4.28. The number of allylic oxidation sites excluding steroid dienone is 1. The second-order valence-corrected chi connectivity index (χ2v) is 4.90. The maximum Gasteiger partial charge on any atom is 0.245 e. The molecular formula is C14H9BrClNO. The van der Waals surface area contributed by atoms with E-state index in [0.29, 0.717) is 0 Å². The van der Waals surface area contributed by atoms with Crippen molar-refractivity contribution in [3.63, 3.8) is 0 Å². The van der Waals surface area contributed by atoms with Crippen LogP contribution in [0.15, 0.2) is 59.3 Å². The highest BCUT2D eigenvalue weighted by Gasteiger charge is 2.06. The molecule has 2 aromatic rings. The van der Waals surface area contributed by atoms with E-state index in [1.54, 1.807) is 12.4 Å². The molecule has 18 heavy (non-hydrogen) atoms. The van der Waals surface area contributed by atoms with Gasteiger partial charge >= 0.3 is 0 Å². The van der Waals surface area contributed by atoms with E-state index in [2.05, 4.69) is 20.9 Å². The molecule has 2 nitrogen and oxygen atoms in total. The van der Waals surface area contributed by atoms with E-state index in [1.165, 1.54) is 6.08 Å². The van der Waals surface area contributed by atoms with Gasteiger partial charge in [-0.3, -0.25) is 9.78 Å². The van der Waals surface area contributed by atoms with Gasteiger partial charge in [0.25, 0.3) is 0 Å². The average molecular weight is 323 g/mol. The topological polar surface area (TPSA) is 30.0 Å². The normalized spacial score (nSPS) is 11.3. The van der Waals surface area contributed by atoms with E-state index in [1.807, 2.05) is 36.4 Å². The van der Waals surface area contributed by atoms with Gasteiger partial charge in [0.05, 0.1) is 0 Å². The molecule has 0 amide bonds. The molecule has 90 valence electrons.